The summed E-state index contributed by atoms with van der Waals surface area (Å²) in [6, 6.07) is 0. The van der Waals surface area contributed by atoms with E-state index in [1.165, 1.54) is 32.6 Å². The zero-order valence-electron chi connectivity index (χ0n) is 9.43. The van der Waals surface area contributed by atoms with Crippen LogP contribution in [-0.4, -0.2) is 12.1 Å². The number of carbonyl (C=O) groups excluding carboxylic acids is 1. The Balaban J connectivity index is 2.19. The molecule has 2 aliphatic rings. The van der Waals surface area contributed by atoms with Gasteiger partial charge in [0, 0.05) is 12.3 Å². The lowest BCUT2D eigenvalue weighted by Gasteiger charge is -2.37. The average molecular weight is 196 g/mol. The van der Waals surface area contributed by atoms with Crippen LogP contribution >= 0.6 is 0 Å². The minimum Gasteiger partial charge on any atom is -0.462 e. The van der Waals surface area contributed by atoms with Crippen molar-refractivity contribution in [2.24, 2.45) is 10.8 Å². The quantitative estimate of drug-likeness (QED) is 0.603. The van der Waals surface area contributed by atoms with Crippen molar-refractivity contribution in [3.05, 3.63) is 0 Å². The molecule has 2 aliphatic carbocycles. The highest BCUT2D eigenvalue weighted by Crippen LogP contribution is 2.63. The van der Waals surface area contributed by atoms with Crippen LogP contribution < -0.4 is 0 Å². The lowest BCUT2D eigenvalue weighted by molar-refractivity contribution is -0.153. The van der Waals surface area contributed by atoms with E-state index in [1.54, 1.807) is 0 Å². The van der Waals surface area contributed by atoms with Crippen molar-refractivity contribution in [1.82, 2.24) is 0 Å². The van der Waals surface area contributed by atoms with E-state index in [9.17, 15) is 4.79 Å². The predicted molar refractivity (Wildman–Crippen MR) is 54.9 cm³/mol. The molecule has 14 heavy (non-hydrogen) atoms. The molecule has 2 nitrogen and oxygen atoms in total. The molecule has 3 unspecified atom stereocenters. The molecule has 0 spiro atoms. The van der Waals surface area contributed by atoms with Crippen LogP contribution in [-0.2, 0) is 9.53 Å². The summed E-state index contributed by atoms with van der Waals surface area (Å²) in [5.74, 6) is -0.118. The van der Waals surface area contributed by atoms with E-state index in [4.69, 9.17) is 4.74 Å². The molecule has 0 aliphatic heterocycles. The van der Waals surface area contributed by atoms with Gasteiger partial charge >= 0.3 is 5.97 Å². The summed E-state index contributed by atoms with van der Waals surface area (Å²) in [5.41, 5.74) is 0.672. The smallest absolute Gasteiger partial charge is 0.302 e. The molecule has 80 valence electrons. The van der Waals surface area contributed by atoms with Gasteiger partial charge in [-0.2, -0.15) is 0 Å². The van der Waals surface area contributed by atoms with Crippen LogP contribution in [0.5, 0.6) is 0 Å². The summed E-state index contributed by atoms with van der Waals surface area (Å²) < 4.78 is 5.45. The lowest BCUT2D eigenvalue weighted by atomic mass is 9.70. The molecule has 0 aromatic rings. The van der Waals surface area contributed by atoms with Crippen LogP contribution in [0.15, 0.2) is 0 Å². The van der Waals surface area contributed by atoms with Crippen LogP contribution in [0.3, 0.4) is 0 Å². The fraction of sp³-hybridized carbons (Fsp3) is 0.917. The molecule has 0 saturated heterocycles. The van der Waals surface area contributed by atoms with Crippen LogP contribution in [0, 0.1) is 10.8 Å². The first kappa shape index (κ1) is 10.0. The van der Waals surface area contributed by atoms with E-state index in [0.717, 1.165) is 6.42 Å². The summed E-state index contributed by atoms with van der Waals surface area (Å²) in [6.07, 6.45) is 6.29. The largest absolute Gasteiger partial charge is 0.462 e. The number of rotatable bonds is 1. The van der Waals surface area contributed by atoms with Crippen LogP contribution in [0.2, 0.25) is 0 Å². The van der Waals surface area contributed by atoms with E-state index in [-0.39, 0.29) is 17.5 Å². The van der Waals surface area contributed by atoms with Crippen molar-refractivity contribution >= 4 is 5.97 Å². The number of esters is 1. The molecule has 0 heterocycles. The number of hydrogen-bond donors (Lipinski definition) is 0. The van der Waals surface area contributed by atoms with Crippen molar-refractivity contribution in [3.8, 4) is 0 Å². The Kier molecular flexibility index (Phi) is 2.13. The highest BCUT2D eigenvalue weighted by Gasteiger charge is 2.58. The number of carbonyl (C=O) groups is 1. The first-order chi connectivity index (χ1) is 6.48. The van der Waals surface area contributed by atoms with Gasteiger partial charge in [0.2, 0.25) is 0 Å². The van der Waals surface area contributed by atoms with E-state index < -0.39 is 0 Å². The molecule has 2 saturated carbocycles. The fourth-order valence-electron chi connectivity index (χ4n) is 3.55. The zero-order valence-corrected chi connectivity index (χ0v) is 9.43. The second-order valence-corrected chi connectivity index (χ2v) is 5.47. The molecule has 0 bridgehead atoms. The van der Waals surface area contributed by atoms with E-state index >= 15 is 0 Å². The van der Waals surface area contributed by atoms with Crippen molar-refractivity contribution in [3.63, 3.8) is 0 Å². The maximum absolute atomic E-state index is 11.0. The normalized spacial score (nSPS) is 46.4. The highest BCUT2D eigenvalue weighted by atomic mass is 16.5. The van der Waals surface area contributed by atoms with Gasteiger partial charge in [-0.3, -0.25) is 4.79 Å². The predicted octanol–water partition coefficient (Wildman–Crippen LogP) is 2.91. The fourth-order valence-corrected chi connectivity index (χ4v) is 3.55. The minimum absolute atomic E-state index is 0.118. The Bertz CT molecular complexity index is 261. The number of hydrogen-bond acceptors (Lipinski definition) is 2. The Morgan fingerprint density at radius 1 is 1.29 bits per heavy atom. The molecule has 2 heteroatoms. The van der Waals surface area contributed by atoms with Gasteiger partial charge in [-0.25, -0.2) is 0 Å². The molecular weight excluding hydrogens is 176 g/mol. The van der Waals surface area contributed by atoms with Gasteiger partial charge in [-0.15, -0.1) is 0 Å². The molecule has 0 amide bonds. The zero-order chi connectivity index (χ0) is 10.4. The van der Waals surface area contributed by atoms with Gasteiger partial charge in [0.25, 0.3) is 0 Å². The standard InChI is InChI=1S/C12H20O2/c1-9(13)14-10-5-8-11(2)6-4-7-12(10,11)3/h10H,4-8H2,1-3H3. The van der Waals surface area contributed by atoms with Gasteiger partial charge in [-0.1, -0.05) is 20.3 Å². The Morgan fingerprint density at radius 3 is 2.64 bits per heavy atom. The summed E-state index contributed by atoms with van der Waals surface area (Å²) in [5, 5.41) is 0. The first-order valence-electron chi connectivity index (χ1n) is 5.65. The molecule has 0 aromatic heterocycles. The maximum atomic E-state index is 11.0. The monoisotopic (exact) mass is 196 g/mol. The topological polar surface area (TPSA) is 26.3 Å². The third-order valence-corrected chi connectivity index (χ3v) is 4.78. The first-order valence-corrected chi connectivity index (χ1v) is 5.65. The molecule has 0 N–H and O–H groups in total. The van der Waals surface area contributed by atoms with Gasteiger partial charge in [0.05, 0.1) is 0 Å². The third kappa shape index (κ3) is 1.19. The van der Waals surface area contributed by atoms with E-state index in [1.807, 2.05) is 0 Å². The summed E-state index contributed by atoms with van der Waals surface area (Å²) in [4.78, 5) is 11.0. The third-order valence-electron chi connectivity index (χ3n) is 4.78. The summed E-state index contributed by atoms with van der Waals surface area (Å²) in [6.45, 7) is 6.19. The summed E-state index contributed by atoms with van der Waals surface area (Å²) in [7, 11) is 0. The molecule has 0 radical (unpaired) electrons. The molecule has 0 aromatic carbocycles. The molecule has 2 rings (SSSR count). The van der Waals surface area contributed by atoms with Gasteiger partial charge in [0.1, 0.15) is 6.10 Å². The number of fused-ring (bicyclic) bond motifs is 1. The molecular formula is C12H20O2. The molecule has 3 atom stereocenters. The maximum Gasteiger partial charge on any atom is 0.302 e. The van der Waals surface area contributed by atoms with Gasteiger partial charge < -0.3 is 4.74 Å². The number of ether oxygens (including phenoxy) is 1. The SMILES string of the molecule is CC(=O)OC1CCC2(C)CCCC12C. The van der Waals surface area contributed by atoms with Gasteiger partial charge in [0.15, 0.2) is 0 Å². The van der Waals surface area contributed by atoms with Crippen molar-refractivity contribution < 1.29 is 9.53 Å². The summed E-state index contributed by atoms with van der Waals surface area (Å²) >= 11 is 0. The second kappa shape index (κ2) is 2.98. The Morgan fingerprint density at radius 2 is 2.00 bits per heavy atom. The van der Waals surface area contributed by atoms with E-state index in [0.29, 0.717) is 5.41 Å². The highest BCUT2D eigenvalue weighted by molar-refractivity contribution is 5.66. The van der Waals surface area contributed by atoms with Crippen LogP contribution in [0.1, 0.15) is 52.9 Å². The Labute approximate surface area is 86.0 Å². The van der Waals surface area contributed by atoms with Crippen molar-refractivity contribution in [2.45, 2.75) is 59.0 Å². The van der Waals surface area contributed by atoms with Gasteiger partial charge in [-0.05, 0) is 31.1 Å². The molecule has 2 fully saturated rings. The van der Waals surface area contributed by atoms with E-state index in [2.05, 4.69) is 13.8 Å². The second-order valence-electron chi connectivity index (χ2n) is 5.47. The van der Waals surface area contributed by atoms with Crippen LogP contribution in [0.4, 0.5) is 0 Å². The van der Waals surface area contributed by atoms with Crippen molar-refractivity contribution in [1.29, 1.82) is 0 Å². The Hall–Kier alpha value is -0.530. The average Bonchev–Trinajstić information content (AvgIpc) is 2.47. The van der Waals surface area contributed by atoms with Crippen molar-refractivity contribution in [2.75, 3.05) is 0 Å². The van der Waals surface area contributed by atoms with Crippen LogP contribution in [0.25, 0.3) is 0 Å². The minimum atomic E-state index is -0.118. The lowest BCUT2D eigenvalue weighted by Crippen LogP contribution is -2.37.